The molecule has 0 aliphatic heterocycles. The van der Waals surface area contributed by atoms with Crippen molar-refractivity contribution < 1.29 is 14.7 Å². The predicted molar refractivity (Wildman–Crippen MR) is 58.3 cm³/mol. The summed E-state index contributed by atoms with van der Waals surface area (Å²) < 4.78 is 0. The highest BCUT2D eigenvalue weighted by atomic mass is 16.4. The van der Waals surface area contributed by atoms with Crippen molar-refractivity contribution in [3.8, 4) is 0 Å². The number of aliphatic carboxylic acids is 1. The molecule has 0 heterocycles. The average Bonchev–Trinajstić information content (AvgIpc) is 2.25. The Morgan fingerprint density at radius 1 is 1.25 bits per heavy atom. The van der Waals surface area contributed by atoms with Crippen molar-refractivity contribution in [2.24, 2.45) is 17.8 Å². The highest BCUT2D eigenvalue weighted by molar-refractivity contribution is 5.84. The second-order valence-corrected chi connectivity index (χ2v) is 4.96. The zero-order valence-corrected chi connectivity index (χ0v) is 9.99. The SMILES string of the molecule is CC(C)CNC(=O)[C@H]1CCCC[C@H]1C(=O)[O-]. The Morgan fingerprint density at radius 3 is 2.31 bits per heavy atom. The summed E-state index contributed by atoms with van der Waals surface area (Å²) in [6.45, 7) is 4.63. The van der Waals surface area contributed by atoms with Crippen molar-refractivity contribution in [2.45, 2.75) is 39.5 Å². The zero-order chi connectivity index (χ0) is 12.1. The van der Waals surface area contributed by atoms with Crippen LogP contribution in [0.5, 0.6) is 0 Å². The molecule has 1 rings (SSSR count). The van der Waals surface area contributed by atoms with Crippen molar-refractivity contribution in [2.75, 3.05) is 6.54 Å². The first-order chi connectivity index (χ1) is 7.52. The van der Waals surface area contributed by atoms with Crippen molar-refractivity contribution in [1.82, 2.24) is 5.32 Å². The minimum Gasteiger partial charge on any atom is -0.550 e. The number of carbonyl (C=O) groups excluding carboxylic acids is 2. The van der Waals surface area contributed by atoms with E-state index in [2.05, 4.69) is 5.32 Å². The van der Waals surface area contributed by atoms with Gasteiger partial charge in [0.05, 0.1) is 0 Å². The van der Waals surface area contributed by atoms with Gasteiger partial charge in [0.2, 0.25) is 5.91 Å². The molecule has 0 unspecified atom stereocenters. The van der Waals surface area contributed by atoms with Gasteiger partial charge in [-0.2, -0.15) is 0 Å². The quantitative estimate of drug-likeness (QED) is 0.750. The number of hydrogen-bond acceptors (Lipinski definition) is 3. The molecular weight excluding hydrogens is 206 g/mol. The van der Waals surface area contributed by atoms with E-state index in [1.165, 1.54) is 0 Å². The number of carboxylic acid groups (broad SMARTS) is 1. The Balaban J connectivity index is 2.54. The number of rotatable bonds is 4. The fraction of sp³-hybridized carbons (Fsp3) is 0.833. The van der Waals surface area contributed by atoms with Crippen LogP contribution in [0.2, 0.25) is 0 Å². The van der Waals surface area contributed by atoms with E-state index < -0.39 is 17.8 Å². The summed E-state index contributed by atoms with van der Waals surface area (Å²) in [7, 11) is 0. The summed E-state index contributed by atoms with van der Waals surface area (Å²) in [5.41, 5.74) is 0. The number of carboxylic acids is 1. The van der Waals surface area contributed by atoms with Gasteiger partial charge in [-0.15, -0.1) is 0 Å². The second kappa shape index (κ2) is 5.87. The molecule has 1 aliphatic rings. The van der Waals surface area contributed by atoms with Crippen LogP contribution < -0.4 is 10.4 Å². The van der Waals surface area contributed by atoms with E-state index in [9.17, 15) is 14.7 Å². The number of hydrogen-bond donors (Lipinski definition) is 1. The molecule has 0 spiro atoms. The molecule has 0 aromatic heterocycles. The minimum absolute atomic E-state index is 0.123. The first kappa shape index (κ1) is 13.0. The molecule has 1 saturated carbocycles. The molecule has 1 fully saturated rings. The standard InChI is InChI=1S/C12H21NO3/c1-8(2)7-13-11(14)9-5-3-4-6-10(9)12(15)16/h8-10H,3-7H2,1-2H3,(H,13,14)(H,15,16)/p-1/t9-,10+/m0/s1. The van der Waals surface area contributed by atoms with Crippen molar-refractivity contribution in [1.29, 1.82) is 0 Å². The molecular formula is C12H20NO3-. The van der Waals surface area contributed by atoms with E-state index in [0.717, 1.165) is 12.8 Å². The van der Waals surface area contributed by atoms with Crippen molar-refractivity contribution in [3.05, 3.63) is 0 Å². The monoisotopic (exact) mass is 226 g/mol. The number of nitrogens with one attached hydrogen (secondary N) is 1. The number of amides is 1. The third-order valence-corrected chi connectivity index (χ3v) is 3.09. The van der Waals surface area contributed by atoms with Crippen LogP contribution in [0, 0.1) is 17.8 Å². The van der Waals surface area contributed by atoms with Crippen LogP contribution in [0.3, 0.4) is 0 Å². The molecule has 0 aromatic carbocycles. The fourth-order valence-electron chi connectivity index (χ4n) is 2.16. The lowest BCUT2D eigenvalue weighted by molar-refractivity contribution is -0.314. The second-order valence-electron chi connectivity index (χ2n) is 4.96. The lowest BCUT2D eigenvalue weighted by Gasteiger charge is -2.31. The van der Waals surface area contributed by atoms with E-state index in [1.807, 2.05) is 13.8 Å². The fourth-order valence-corrected chi connectivity index (χ4v) is 2.16. The predicted octanol–water partition coefficient (Wildman–Crippen LogP) is 0.315. The van der Waals surface area contributed by atoms with Crippen molar-refractivity contribution in [3.63, 3.8) is 0 Å². The van der Waals surface area contributed by atoms with Gasteiger partial charge in [-0.1, -0.05) is 26.7 Å². The summed E-state index contributed by atoms with van der Waals surface area (Å²) in [5, 5.41) is 13.7. The summed E-state index contributed by atoms with van der Waals surface area (Å²) in [4.78, 5) is 22.7. The number of carbonyl (C=O) groups is 2. The highest BCUT2D eigenvalue weighted by Gasteiger charge is 2.31. The van der Waals surface area contributed by atoms with E-state index in [0.29, 0.717) is 25.3 Å². The largest absolute Gasteiger partial charge is 0.550 e. The Hall–Kier alpha value is -1.06. The van der Waals surface area contributed by atoms with Gasteiger partial charge in [-0.05, 0) is 18.8 Å². The van der Waals surface area contributed by atoms with Gasteiger partial charge in [0, 0.05) is 24.3 Å². The Labute approximate surface area is 96.4 Å². The van der Waals surface area contributed by atoms with E-state index in [1.54, 1.807) is 0 Å². The maximum absolute atomic E-state index is 11.8. The van der Waals surface area contributed by atoms with Crippen molar-refractivity contribution >= 4 is 11.9 Å². The van der Waals surface area contributed by atoms with Gasteiger partial charge >= 0.3 is 0 Å². The first-order valence-electron chi connectivity index (χ1n) is 6.01. The molecule has 0 bridgehead atoms. The molecule has 0 radical (unpaired) electrons. The van der Waals surface area contributed by atoms with Gasteiger partial charge in [-0.25, -0.2) is 0 Å². The Bertz CT molecular complexity index is 263. The smallest absolute Gasteiger partial charge is 0.223 e. The molecule has 2 atom stereocenters. The molecule has 92 valence electrons. The maximum atomic E-state index is 11.8. The van der Waals surface area contributed by atoms with Gasteiger partial charge < -0.3 is 15.2 Å². The zero-order valence-electron chi connectivity index (χ0n) is 9.99. The van der Waals surface area contributed by atoms with Crippen LogP contribution in [0.15, 0.2) is 0 Å². The molecule has 0 aromatic rings. The van der Waals surface area contributed by atoms with E-state index in [-0.39, 0.29) is 5.91 Å². The summed E-state index contributed by atoms with van der Waals surface area (Å²) >= 11 is 0. The van der Waals surface area contributed by atoms with Crippen LogP contribution in [0.4, 0.5) is 0 Å². The van der Waals surface area contributed by atoms with Crippen LogP contribution in [0.25, 0.3) is 0 Å². The summed E-state index contributed by atoms with van der Waals surface area (Å²) in [6, 6.07) is 0. The normalized spacial score (nSPS) is 25.4. The minimum atomic E-state index is -1.08. The molecule has 0 saturated heterocycles. The molecule has 1 amide bonds. The molecule has 1 aliphatic carbocycles. The molecule has 16 heavy (non-hydrogen) atoms. The highest BCUT2D eigenvalue weighted by Crippen LogP contribution is 2.29. The van der Waals surface area contributed by atoms with E-state index >= 15 is 0 Å². The Morgan fingerprint density at radius 2 is 1.81 bits per heavy atom. The first-order valence-corrected chi connectivity index (χ1v) is 6.01. The van der Waals surface area contributed by atoms with Gasteiger partial charge in [0.25, 0.3) is 0 Å². The van der Waals surface area contributed by atoms with Crippen LogP contribution in [0.1, 0.15) is 39.5 Å². The van der Waals surface area contributed by atoms with Crippen LogP contribution in [-0.2, 0) is 9.59 Å². The third-order valence-electron chi connectivity index (χ3n) is 3.09. The topological polar surface area (TPSA) is 69.2 Å². The van der Waals surface area contributed by atoms with Gasteiger partial charge in [-0.3, -0.25) is 4.79 Å². The maximum Gasteiger partial charge on any atom is 0.223 e. The van der Waals surface area contributed by atoms with Crippen LogP contribution >= 0.6 is 0 Å². The van der Waals surface area contributed by atoms with E-state index in [4.69, 9.17) is 0 Å². The van der Waals surface area contributed by atoms with Gasteiger partial charge in [0.15, 0.2) is 0 Å². The molecule has 1 N–H and O–H groups in total. The van der Waals surface area contributed by atoms with Crippen LogP contribution in [-0.4, -0.2) is 18.4 Å². The summed E-state index contributed by atoms with van der Waals surface area (Å²) in [5.74, 6) is -1.81. The average molecular weight is 226 g/mol. The third kappa shape index (κ3) is 3.51. The van der Waals surface area contributed by atoms with Gasteiger partial charge in [0.1, 0.15) is 0 Å². The molecule has 4 nitrogen and oxygen atoms in total. The lowest BCUT2D eigenvalue weighted by Crippen LogP contribution is -2.45. The lowest BCUT2D eigenvalue weighted by atomic mass is 9.78. The Kier molecular flexibility index (Phi) is 4.77. The summed E-state index contributed by atoms with van der Waals surface area (Å²) in [6.07, 6.45) is 3.06. The molecule has 4 heteroatoms.